The molecule has 0 unspecified atom stereocenters. The summed E-state index contributed by atoms with van der Waals surface area (Å²) < 4.78 is 0. The van der Waals surface area contributed by atoms with Gasteiger partial charge in [0.15, 0.2) is 0 Å². The van der Waals surface area contributed by atoms with Crippen LogP contribution in [-0.4, -0.2) is 48.1 Å². The molecule has 0 spiro atoms. The molecule has 3 rings (SSSR count). The van der Waals surface area contributed by atoms with E-state index in [1.54, 1.807) is 6.07 Å². The number of piperazine rings is 1. The maximum absolute atomic E-state index is 12.1. The summed E-state index contributed by atoms with van der Waals surface area (Å²) >= 11 is 6.08. The maximum Gasteiger partial charge on any atom is 0.270 e. The highest BCUT2D eigenvalue weighted by atomic mass is 35.5. The summed E-state index contributed by atoms with van der Waals surface area (Å²) in [5, 5.41) is 3.60. The minimum atomic E-state index is -0.170. The number of carbonyl (C=O) groups excluding carboxylic acids is 1. The molecule has 1 aromatic heterocycles. The zero-order chi connectivity index (χ0) is 17.8. The Morgan fingerprint density at radius 1 is 1.12 bits per heavy atom. The van der Waals surface area contributed by atoms with Crippen LogP contribution in [0.5, 0.6) is 0 Å². The smallest absolute Gasteiger partial charge is 0.270 e. The molecule has 1 amide bonds. The molecule has 1 saturated heterocycles. The second-order valence-corrected chi connectivity index (χ2v) is 6.78. The van der Waals surface area contributed by atoms with Gasteiger partial charge in [-0.25, -0.2) is 9.97 Å². The molecule has 25 heavy (non-hydrogen) atoms. The van der Waals surface area contributed by atoms with Gasteiger partial charge in [-0.15, -0.1) is 0 Å². The van der Waals surface area contributed by atoms with E-state index in [1.165, 1.54) is 6.33 Å². The van der Waals surface area contributed by atoms with Crippen molar-refractivity contribution >= 4 is 29.0 Å². The number of aromatic nitrogens is 2. The van der Waals surface area contributed by atoms with Crippen LogP contribution in [0.25, 0.3) is 0 Å². The first kappa shape index (κ1) is 17.5. The molecule has 1 N–H and O–H groups in total. The Bertz CT molecular complexity index is 744. The summed E-state index contributed by atoms with van der Waals surface area (Å²) in [7, 11) is 0. The number of nitrogens with zero attached hydrogens (tertiary/aromatic N) is 4. The molecule has 132 valence electrons. The van der Waals surface area contributed by atoms with Crippen molar-refractivity contribution in [3.63, 3.8) is 0 Å². The van der Waals surface area contributed by atoms with Gasteiger partial charge in [0.2, 0.25) is 0 Å². The molecule has 7 heteroatoms. The second-order valence-electron chi connectivity index (χ2n) is 6.34. The molecule has 0 radical (unpaired) electrons. The van der Waals surface area contributed by atoms with Gasteiger partial charge in [0.05, 0.1) is 0 Å². The molecule has 0 saturated carbocycles. The van der Waals surface area contributed by atoms with Gasteiger partial charge < -0.3 is 15.1 Å². The first-order valence-corrected chi connectivity index (χ1v) is 8.79. The van der Waals surface area contributed by atoms with Crippen LogP contribution in [0.3, 0.4) is 0 Å². The predicted octanol–water partition coefficient (Wildman–Crippen LogP) is 2.59. The number of benzene rings is 1. The highest BCUT2D eigenvalue weighted by molar-refractivity contribution is 6.30. The standard InChI is InChI=1S/C18H22ClN5O/c1-13(2)22-18(25)16-11-17(21-12-20-16)24-8-6-23(7-9-24)15-5-3-4-14(19)10-15/h3-5,10-13H,6-9H2,1-2H3,(H,22,25). The molecular formula is C18H22ClN5O. The number of amides is 1. The number of nitrogens with one attached hydrogen (secondary N) is 1. The first-order chi connectivity index (χ1) is 12.0. The van der Waals surface area contributed by atoms with Crippen LogP contribution < -0.4 is 15.1 Å². The molecule has 1 aromatic carbocycles. The Morgan fingerprint density at radius 2 is 1.84 bits per heavy atom. The van der Waals surface area contributed by atoms with E-state index < -0.39 is 0 Å². The van der Waals surface area contributed by atoms with Crippen molar-refractivity contribution in [3.8, 4) is 0 Å². The Hall–Kier alpha value is -2.34. The van der Waals surface area contributed by atoms with Crippen molar-refractivity contribution in [2.24, 2.45) is 0 Å². The Morgan fingerprint density at radius 3 is 2.52 bits per heavy atom. The third kappa shape index (κ3) is 4.39. The van der Waals surface area contributed by atoms with E-state index in [0.29, 0.717) is 5.69 Å². The van der Waals surface area contributed by atoms with E-state index in [9.17, 15) is 4.79 Å². The Kier molecular flexibility index (Phi) is 5.38. The summed E-state index contributed by atoms with van der Waals surface area (Å²) in [6.45, 7) is 7.25. The normalized spacial score (nSPS) is 14.7. The largest absolute Gasteiger partial charge is 0.368 e. The third-order valence-corrected chi connectivity index (χ3v) is 4.32. The number of anilines is 2. The second kappa shape index (κ2) is 7.70. The number of halogens is 1. The number of rotatable bonds is 4. The van der Waals surface area contributed by atoms with Crippen molar-refractivity contribution in [3.05, 3.63) is 47.4 Å². The predicted molar refractivity (Wildman–Crippen MR) is 101 cm³/mol. The lowest BCUT2D eigenvalue weighted by Gasteiger charge is -2.36. The number of hydrogen-bond acceptors (Lipinski definition) is 5. The molecular weight excluding hydrogens is 338 g/mol. The highest BCUT2D eigenvalue weighted by Crippen LogP contribution is 2.22. The van der Waals surface area contributed by atoms with Crippen LogP contribution in [0.2, 0.25) is 5.02 Å². The van der Waals surface area contributed by atoms with Gasteiger partial charge in [-0.3, -0.25) is 4.79 Å². The summed E-state index contributed by atoms with van der Waals surface area (Å²) in [4.78, 5) is 25.0. The molecule has 1 fully saturated rings. The van der Waals surface area contributed by atoms with Crippen LogP contribution in [0.1, 0.15) is 24.3 Å². The fourth-order valence-corrected chi connectivity index (χ4v) is 3.03. The molecule has 0 atom stereocenters. The quantitative estimate of drug-likeness (QED) is 0.909. The van der Waals surface area contributed by atoms with Crippen LogP contribution in [0.4, 0.5) is 11.5 Å². The number of hydrogen-bond donors (Lipinski definition) is 1. The van der Waals surface area contributed by atoms with Crippen LogP contribution in [0, 0.1) is 0 Å². The lowest BCUT2D eigenvalue weighted by molar-refractivity contribution is 0.0938. The van der Waals surface area contributed by atoms with Gasteiger partial charge in [-0.05, 0) is 32.0 Å². The average molecular weight is 360 g/mol. The summed E-state index contributed by atoms with van der Waals surface area (Å²) in [5.74, 6) is 0.617. The van der Waals surface area contributed by atoms with Crippen molar-refractivity contribution in [2.75, 3.05) is 36.0 Å². The average Bonchev–Trinajstić information content (AvgIpc) is 2.61. The van der Waals surface area contributed by atoms with Crippen molar-refractivity contribution in [1.29, 1.82) is 0 Å². The third-order valence-electron chi connectivity index (χ3n) is 4.08. The Labute approximate surface area is 152 Å². The van der Waals surface area contributed by atoms with Gasteiger partial charge in [-0.2, -0.15) is 0 Å². The first-order valence-electron chi connectivity index (χ1n) is 8.41. The number of carbonyl (C=O) groups is 1. The van der Waals surface area contributed by atoms with Crippen molar-refractivity contribution in [1.82, 2.24) is 15.3 Å². The van der Waals surface area contributed by atoms with E-state index in [1.807, 2.05) is 32.0 Å². The van der Waals surface area contributed by atoms with Crippen LogP contribution in [-0.2, 0) is 0 Å². The molecule has 1 aliphatic heterocycles. The van der Waals surface area contributed by atoms with E-state index in [2.05, 4.69) is 31.2 Å². The van der Waals surface area contributed by atoms with Gasteiger partial charge in [0.1, 0.15) is 17.8 Å². The summed E-state index contributed by atoms with van der Waals surface area (Å²) in [6, 6.07) is 9.73. The summed E-state index contributed by atoms with van der Waals surface area (Å²) in [5.41, 5.74) is 1.53. The van der Waals surface area contributed by atoms with E-state index in [0.717, 1.165) is 42.7 Å². The van der Waals surface area contributed by atoms with E-state index in [4.69, 9.17) is 11.6 Å². The van der Waals surface area contributed by atoms with Gasteiger partial charge >= 0.3 is 0 Å². The minimum Gasteiger partial charge on any atom is -0.368 e. The van der Waals surface area contributed by atoms with Gasteiger partial charge in [0.25, 0.3) is 5.91 Å². The van der Waals surface area contributed by atoms with Crippen molar-refractivity contribution in [2.45, 2.75) is 19.9 Å². The molecule has 2 aromatic rings. The maximum atomic E-state index is 12.1. The zero-order valence-electron chi connectivity index (χ0n) is 14.4. The van der Waals surface area contributed by atoms with E-state index >= 15 is 0 Å². The van der Waals surface area contributed by atoms with Gasteiger partial charge in [-0.1, -0.05) is 17.7 Å². The Balaban J connectivity index is 1.66. The highest BCUT2D eigenvalue weighted by Gasteiger charge is 2.20. The molecule has 0 aliphatic carbocycles. The molecule has 2 heterocycles. The fourth-order valence-electron chi connectivity index (χ4n) is 2.85. The summed E-state index contributed by atoms with van der Waals surface area (Å²) in [6.07, 6.45) is 1.45. The fraction of sp³-hybridized carbons (Fsp3) is 0.389. The topological polar surface area (TPSA) is 61.4 Å². The van der Waals surface area contributed by atoms with E-state index in [-0.39, 0.29) is 11.9 Å². The van der Waals surface area contributed by atoms with Crippen LogP contribution >= 0.6 is 11.6 Å². The monoisotopic (exact) mass is 359 g/mol. The lowest BCUT2D eigenvalue weighted by Crippen LogP contribution is -2.47. The lowest BCUT2D eigenvalue weighted by atomic mass is 10.2. The van der Waals surface area contributed by atoms with Gasteiger partial charge in [0, 0.05) is 49.0 Å². The van der Waals surface area contributed by atoms with Crippen LogP contribution in [0.15, 0.2) is 36.7 Å². The SMILES string of the molecule is CC(C)NC(=O)c1cc(N2CCN(c3cccc(Cl)c3)CC2)ncn1. The zero-order valence-corrected chi connectivity index (χ0v) is 15.2. The molecule has 6 nitrogen and oxygen atoms in total. The minimum absolute atomic E-state index is 0.0761. The van der Waals surface area contributed by atoms with Crippen molar-refractivity contribution < 1.29 is 4.79 Å². The molecule has 0 bridgehead atoms. The molecule has 1 aliphatic rings.